The Hall–Kier alpha value is -2.39. The van der Waals surface area contributed by atoms with E-state index in [1.165, 1.54) is 18.2 Å². The number of benzene rings is 1. The normalized spacial score (nSPS) is 10.3. The molecular formula is C13H12ClN5O3S. The van der Waals surface area contributed by atoms with Crippen LogP contribution in [-0.2, 0) is 4.79 Å². The summed E-state index contributed by atoms with van der Waals surface area (Å²) >= 11 is 7.03. The minimum Gasteiger partial charge on any atom is -0.384 e. The number of carbonyl (C=O) groups is 1. The molecule has 120 valence electrons. The van der Waals surface area contributed by atoms with Crippen LogP contribution in [0.25, 0.3) is 0 Å². The molecule has 0 aliphatic carbocycles. The highest BCUT2D eigenvalue weighted by atomic mass is 35.5. The Morgan fingerprint density at radius 1 is 1.43 bits per heavy atom. The molecule has 23 heavy (non-hydrogen) atoms. The average molecular weight is 354 g/mol. The van der Waals surface area contributed by atoms with Crippen LogP contribution < -0.4 is 11.1 Å². The van der Waals surface area contributed by atoms with Crippen LogP contribution in [0.15, 0.2) is 29.4 Å². The van der Waals surface area contributed by atoms with E-state index in [4.69, 9.17) is 17.3 Å². The molecule has 10 heteroatoms. The van der Waals surface area contributed by atoms with Gasteiger partial charge < -0.3 is 11.1 Å². The summed E-state index contributed by atoms with van der Waals surface area (Å²) in [5.41, 5.74) is 6.47. The minimum atomic E-state index is -0.563. The van der Waals surface area contributed by atoms with E-state index in [0.29, 0.717) is 22.4 Å². The van der Waals surface area contributed by atoms with E-state index >= 15 is 0 Å². The summed E-state index contributed by atoms with van der Waals surface area (Å²) in [4.78, 5) is 30.1. The van der Waals surface area contributed by atoms with Gasteiger partial charge in [0.05, 0.1) is 21.4 Å². The molecule has 1 aromatic carbocycles. The van der Waals surface area contributed by atoms with Gasteiger partial charge in [-0.3, -0.25) is 14.9 Å². The Bertz CT molecular complexity index is 751. The standard InChI is InChI=1S/C13H12ClN5O3S/c1-7-4-11(15)18-13(16-7)23-6-12(20)17-10-3-2-8(19(21)22)5-9(10)14/h2-5H,6H2,1H3,(H,17,20)(H2,15,16,18). The van der Waals surface area contributed by atoms with E-state index in [0.717, 1.165) is 11.8 Å². The molecule has 0 spiro atoms. The fourth-order valence-corrected chi connectivity index (χ4v) is 2.60. The molecule has 0 bridgehead atoms. The fourth-order valence-electron chi connectivity index (χ4n) is 1.66. The van der Waals surface area contributed by atoms with Crippen molar-refractivity contribution >= 4 is 46.5 Å². The molecule has 0 saturated carbocycles. The summed E-state index contributed by atoms with van der Waals surface area (Å²) in [6, 6.07) is 5.44. The van der Waals surface area contributed by atoms with Gasteiger partial charge in [-0.05, 0) is 13.0 Å². The van der Waals surface area contributed by atoms with Crippen molar-refractivity contribution in [2.45, 2.75) is 12.1 Å². The van der Waals surface area contributed by atoms with Crippen LogP contribution in [0.5, 0.6) is 0 Å². The molecule has 3 N–H and O–H groups in total. The van der Waals surface area contributed by atoms with Crippen LogP contribution in [0.1, 0.15) is 5.69 Å². The summed E-state index contributed by atoms with van der Waals surface area (Å²) in [6.07, 6.45) is 0. The van der Waals surface area contributed by atoms with Gasteiger partial charge in [0.1, 0.15) is 5.82 Å². The molecule has 1 amide bonds. The van der Waals surface area contributed by atoms with E-state index in [1.807, 2.05) is 0 Å². The van der Waals surface area contributed by atoms with Crippen molar-refractivity contribution in [2.75, 3.05) is 16.8 Å². The van der Waals surface area contributed by atoms with E-state index in [1.54, 1.807) is 13.0 Å². The van der Waals surface area contributed by atoms with Crippen molar-refractivity contribution in [1.29, 1.82) is 0 Å². The molecule has 2 aromatic rings. The van der Waals surface area contributed by atoms with Gasteiger partial charge in [-0.15, -0.1) is 0 Å². The number of nitro benzene ring substituents is 1. The number of hydrogen-bond donors (Lipinski definition) is 2. The van der Waals surface area contributed by atoms with Crippen molar-refractivity contribution in [3.8, 4) is 0 Å². The number of aryl methyl sites for hydroxylation is 1. The minimum absolute atomic E-state index is 0.0518. The maximum atomic E-state index is 11.9. The average Bonchev–Trinajstić information content (AvgIpc) is 2.46. The van der Waals surface area contributed by atoms with Crippen molar-refractivity contribution in [2.24, 2.45) is 0 Å². The number of nitrogen functional groups attached to an aromatic ring is 1. The second-order valence-electron chi connectivity index (χ2n) is 4.47. The molecule has 1 aromatic heterocycles. The summed E-state index contributed by atoms with van der Waals surface area (Å²) in [5, 5.41) is 13.7. The van der Waals surface area contributed by atoms with Crippen LogP contribution in [-0.4, -0.2) is 26.6 Å². The smallest absolute Gasteiger partial charge is 0.271 e. The third-order valence-corrected chi connectivity index (χ3v) is 3.78. The van der Waals surface area contributed by atoms with Gasteiger partial charge in [0.25, 0.3) is 5.69 Å². The fraction of sp³-hybridized carbons (Fsp3) is 0.154. The SMILES string of the molecule is Cc1cc(N)nc(SCC(=O)Nc2ccc([N+](=O)[O-])cc2Cl)n1. The zero-order valence-corrected chi connectivity index (χ0v) is 13.5. The highest BCUT2D eigenvalue weighted by Crippen LogP contribution is 2.27. The predicted octanol–water partition coefficient (Wildman–Crippen LogP) is 2.66. The van der Waals surface area contributed by atoms with Crippen LogP contribution in [0.3, 0.4) is 0 Å². The number of nitro groups is 1. The second-order valence-corrected chi connectivity index (χ2v) is 5.82. The van der Waals surface area contributed by atoms with Gasteiger partial charge in [-0.25, -0.2) is 9.97 Å². The Morgan fingerprint density at radius 2 is 2.17 bits per heavy atom. The van der Waals surface area contributed by atoms with Crippen molar-refractivity contribution < 1.29 is 9.72 Å². The van der Waals surface area contributed by atoms with Crippen LogP contribution >= 0.6 is 23.4 Å². The summed E-state index contributed by atoms with van der Waals surface area (Å²) in [5.74, 6) is 0.0455. The number of thioether (sulfide) groups is 1. The molecule has 0 saturated heterocycles. The molecule has 0 aliphatic rings. The number of halogens is 1. The van der Waals surface area contributed by atoms with Gasteiger partial charge in [0.2, 0.25) is 5.91 Å². The van der Waals surface area contributed by atoms with E-state index < -0.39 is 4.92 Å². The quantitative estimate of drug-likeness (QED) is 0.366. The van der Waals surface area contributed by atoms with Gasteiger partial charge in [-0.2, -0.15) is 0 Å². The summed E-state index contributed by atoms with van der Waals surface area (Å²) < 4.78 is 0. The second kappa shape index (κ2) is 7.25. The molecule has 1 heterocycles. The molecule has 2 rings (SSSR count). The third kappa shape index (κ3) is 4.80. The van der Waals surface area contributed by atoms with E-state index in [9.17, 15) is 14.9 Å². The molecule has 0 atom stereocenters. The molecule has 8 nitrogen and oxygen atoms in total. The number of nitrogens with zero attached hydrogens (tertiary/aromatic N) is 3. The first-order valence-electron chi connectivity index (χ1n) is 6.33. The maximum Gasteiger partial charge on any atom is 0.271 e. The number of anilines is 2. The molecular weight excluding hydrogens is 342 g/mol. The monoisotopic (exact) mass is 353 g/mol. The lowest BCUT2D eigenvalue weighted by atomic mass is 10.3. The first kappa shape index (κ1) is 17.0. The van der Waals surface area contributed by atoms with E-state index in [-0.39, 0.29) is 22.4 Å². The number of nitrogens with one attached hydrogen (secondary N) is 1. The number of hydrogen-bond acceptors (Lipinski definition) is 7. The third-order valence-electron chi connectivity index (χ3n) is 2.62. The Labute approximate surface area is 140 Å². The molecule has 0 aliphatic heterocycles. The molecule has 0 radical (unpaired) electrons. The number of carbonyl (C=O) groups excluding carboxylic acids is 1. The Morgan fingerprint density at radius 3 is 2.78 bits per heavy atom. The lowest BCUT2D eigenvalue weighted by Crippen LogP contribution is -2.14. The van der Waals surface area contributed by atoms with Crippen molar-refractivity contribution in [1.82, 2.24) is 9.97 Å². The largest absolute Gasteiger partial charge is 0.384 e. The Kier molecular flexibility index (Phi) is 5.35. The Balaban J connectivity index is 1.98. The van der Waals surface area contributed by atoms with Crippen LogP contribution in [0, 0.1) is 17.0 Å². The van der Waals surface area contributed by atoms with Crippen molar-refractivity contribution in [3.05, 3.63) is 45.1 Å². The van der Waals surface area contributed by atoms with E-state index in [2.05, 4.69) is 15.3 Å². The van der Waals surface area contributed by atoms with Crippen LogP contribution in [0.2, 0.25) is 5.02 Å². The summed E-state index contributed by atoms with van der Waals surface area (Å²) in [7, 11) is 0. The van der Waals surface area contributed by atoms with Crippen LogP contribution in [0.4, 0.5) is 17.2 Å². The zero-order valence-electron chi connectivity index (χ0n) is 11.9. The number of nitrogens with two attached hydrogens (primary N) is 1. The molecule has 0 fully saturated rings. The van der Waals surface area contributed by atoms with Gasteiger partial charge in [-0.1, -0.05) is 23.4 Å². The van der Waals surface area contributed by atoms with Gasteiger partial charge in [0, 0.05) is 23.9 Å². The first-order chi connectivity index (χ1) is 10.8. The first-order valence-corrected chi connectivity index (χ1v) is 7.69. The summed E-state index contributed by atoms with van der Waals surface area (Å²) in [6.45, 7) is 1.78. The number of rotatable bonds is 5. The number of non-ortho nitro benzene ring substituents is 1. The zero-order chi connectivity index (χ0) is 17.0. The lowest BCUT2D eigenvalue weighted by Gasteiger charge is -2.07. The number of aromatic nitrogens is 2. The van der Waals surface area contributed by atoms with Gasteiger partial charge in [0.15, 0.2) is 5.16 Å². The lowest BCUT2D eigenvalue weighted by molar-refractivity contribution is -0.384. The highest BCUT2D eigenvalue weighted by Gasteiger charge is 2.12. The van der Waals surface area contributed by atoms with Crippen molar-refractivity contribution in [3.63, 3.8) is 0 Å². The predicted molar refractivity (Wildman–Crippen MR) is 88.6 cm³/mol. The maximum absolute atomic E-state index is 11.9. The number of amides is 1. The highest BCUT2D eigenvalue weighted by molar-refractivity contribution is 7.99. The van der Waals surface area contributed by atoms with Gasteiger partial charge >= 0.3 is 0 Å². The molecule has 0 unspecified atom stereocenters. The topological polar surface area (TPSA) is 124 Å².